The average Bonchev–Trinajstić information content (AvgIpc) is 2.38. The Kier molecular flexibility index (Phi) is 3.48. The number of halogens is 1. The molecule has 3 unspecified atom stereocenters. The summed E-state index contributed by atoms with van der Waals surface area (Å²) in [7, 11) is 0. The van der Waals surface area contributed by atoms with Crippen molar-refractivity contribution in [3.05, 3.63) is 29.6 Å². The molecule has 3 heteroatoms. The minimum Gasteiger partial charge on any atom is -0.490 e. The lowest BCUT2D eigenvalue weighted by atomic mass is 9.77. The van der Waals surface area contributed by atoms with E-state index in [4.69, 9.17) is 4.74 Å². The van der Waals surface area contributed by atoms with Crippen molar-refractivity contribution in [3.8, 4) is 5.75 Å². The second-order valence-corrected chi connectivity index (χ2v) is 6.12. The Hall–Kier alpha value is -1.09. The highest BCUT2D eigenvalue weighted by atomic mass is 19.1. The Balaban J connectivity index is 1.80. The molecule has 0 saturated heterocycles. The third-order valence-electron chi connectivity index (χ3n) is 4.57. The molecule has 1 N–H and O–H groups in total. The minimum atomic E-state index is -0.522. The number of aliphatic hydroxyl groups excluding tert-OH is 1. The number of benzene rings is 1. The van der Waals surface area contributed by atoms with E-state index in [0.29, 0.717) is 18.1 Å². The summed E-state index contributed by atoms with van der Waals surface area (Å²) >= 11 is 0. The average molecular weight is 264 g/mol. The van der Waals surface area contributed by atoms with Crippen molar-refractivity contribution < 1.29 is 14.2 Å². The SMILES string of the molecule is CC1CCCC(C2C[C@H](O)c3ccc(F)cc3O2)C1. The summed E-state index contributed by atoms with van der Waals surface area (Å²) in [6, 6.07) is 4.42. The lowest BCUT2D eigenvalue weighted by Crippen LogP contribution is -2.35. The van der Waals surface area contributed by atoms with Gasteiger partial charge in [-0.3, -0.25) is 0 Å². The number of hydrogen-bond acceptors (Lipinski definition) is 2. The second kappa shape index (κ2) is 5.12. The molecule has 1 aliphatic carbocycles. The molecular formula is C16H21FO2. The van der Waals surface area contributed by atoms with E-state index < -0.39 is 6.10 Å². The number of rotatable bonds is 1. The van der Waals surface area contributed by atoms with Crippen LogP contribution in [0.2, 0.25) is 0 Å². The zero-order valence-electron chi connectivity index (χ0n) is 11.3. The van der Waals surface area contributed by atoms with Gasteiger partial charge in [0.1, 0.15) is 17.7 Å². The molecule has 0 radical (unpaired) electrons. The van der Waals surface area contributed by atoms with Crippen LogP contribution < -0.4 is 4.74 Å². The predicted molar refractivity (Wildman–Crippen MR) is 71.5 cm³/mol. The Labute approximate surface area is 113 Å². The molecule has 1 fully saturated rings. The van der Waals surface area contributed by atoms with Crippen molar-refractivity contribution in [2.75, 3.05) is 0 Å². The quantitative estimate of drug-likeness (QED) is 0.835. The van der Waals surface area contributed by atoms with Gasteiger partial charge < -0.3 is 9.84 Å². The second-order valence-electron chi connectivity index (χ2n) is 6.12. The molecule has 3 rings (SSSR count). The fourth-order valence-corrected chi connectivity index (χ4v) is 3.55. The summed E-state index contributed by atoms with van der Waals surface area (Å²) in [5.74, 6) is 1.45. The van der Waals surface area contributed by atoms with Gasteiger partial charge in [0, 0.05) is 18.1 Å². The van der Waals surface area contributed by atoms with Gasteiger partial charge in [-0.2, -0.15) is 0 Å². The molecular weight excluding hydrogens is 243 g/mol. The fourth-order valence-electron chi connectivity index (χ4n) is 3.55. The van der Waals surface area contributed by atoms with Crippen LogP contribution in [-0.2, 0) is 0 Å². The molecule has 104 valence electrons. The van der Waals surface area contributed by atoms with Crippen molar-refractivity contribution in [3.63, 3.8) is 0 Å². The molecule has 1 aromatic carbocycles. The van der Waals surface area contributed by atoms with E-state index >= 15 is 0 Å². The first-order chi connectivity index (χ1) is 9.13. The Morgan fingerprint density at radius 1 is 1.26 bits per heavy atom. The Morgan fingerprint density at radius 3 is 2.89 bits per heavy atom. The smallest absolute Gasteiger partial charge is 0.128 e. The molecule has 2 nitrogen and oxygen atoms in total. The molecule has 2 aliphatic rings. The topological polar surface area (TPSA) is 29.5 Å². The highest BCUT2D eigenvalue weighted by Gasteiger charge is 2.34. The van der Waals surface area contributed by atoms with Gasteiger partial charge in [0.25, 0.3) is 0 Å². The molecule has 0 amide bonds. The van der Waals surface area contributed by atoms with Crippen molar-refractivity contribution in [1.82, 2.24) is 0 Å². The molecule has 4 atom stereocenters. The molecule has 1 saturated carbocycles. The maximum Gasteiger partial charge on any atom is 0.128 e. The van der Waals surface area contributed by atoms with Crippen molar-refractivity contribution in [2.24, 2.45) is 11.8 Å². The fraction of sp³-hybridized carbons (Fsp3) is 0.625. The first kappa shape index (κ1) is 12.9. The normalized spacial score (nSPS) is 34.5. The largest absolute Gasteiger partial charge is 0.490 e. The van der Waals surface area contributed by atoms with Crippen LogP contribution in [0.4, 0.5) is 4.39 Å². The van der Waals surface area contributed by atoms with Crippen LogP contribution in [0.5, 0.6) is 5.75 Å². The number of hydrogen-bond donors (Lipinski definition) is 1. The third-order valence-corrected chi connectivity index (χ3v) is 4.57. The first-order valence-electron chi connectivity index (χ1n) is 7.27. The monoisotopic (exact) mass is 264 g/mol. The zero-order chi connectivity index (χ0) is 13.4. The van der Waals surface area contributed by atoms with Gasteiger partial charge in [-0.05, 0) is 36.8 Å². The van der Waals surface area contributed by atoms with Gasteiger partial charge in [0.05, 0.1) is 6.10 Å². The molecule has 1 heterocycles. The molecule has 19 heavy (non-hydrogen) atoms. The van der Waals surface area contributed by atoms with Crippen LogP contribution >= 0.6 is 0 Å². The van der Waals surface area contributed by atoms with Crippen LogP contribution in [0.15, 0.2) is 18.2 Å². The van der Waals surface area contributed by atoms with E-state index in [1.165, 1.54) is 25.0 Å². The van der Waals surface area contributed by atoms with Crippen molar-refractivity contribution in [2.45, 2.75) is 51.2 Å². The molecule has 0 bridgehead atoms. The van der Waals surface area contributed by atoms with Gasteiger partial charge in [-0.1, -0.05) is 19.8 Å². The van der Waals surface area contributed by atoms with Crippen molar-refractivity contribution >= 4 is 0 Å². The standard InChI is InChI=1S/C16H21FO2/c1-10-3-2-4-11(7-10)15-9-14(18)13-6-5-12(17)8-16(13)19-15/h5-6,8,10-11,14-15,18H,2-4,7,9H2,1H3/t10?,11?,14-,15?/m0/s1. The maximum atomic E-state index is 13.3. The van der Waals surface area contributed by atoms with E-state index in [1.54, 1.807) is 6.07 Å². The lowest BCUT2D eigenvalue weighted by Gasteiger charge is -2.37. The predicted octanol–water partition coefficient (Wildman–Crippen LogP) is 3.84. The van der Waals surface area contributed by atoms with Crippen molar-refractivity contribution in [1.29, 1.82) is 0 Å². The summed E-state index contributed by atoms with van der Waals surface area (Å²) < 4.78 is 19.3. The maximum absolute atomic E-state index is 13.3. The molecule has 1 aliphatic heterocycles. The number of ether oxygens (including phenoxy) is 1. The first-order valence-corrected chi connectivity index (χ1v) is 7.27. The molecule has 1 aromatic rings. The van der Waals surface area contributed by atoms with Crippen LogP contribution in [0.25, 0.3) is 0 Å². The number of aliphatic hydroxyl groups is 1. The summed E-state index contributed by atoms with van der Waals surface area (Å²) in [6.07, 6.45) is 4.98. The van der Waals surface area contributed by atoms with Crippen LogP contribution in [0.3, 0.4) is 0 Å². The van der Waals surface area contributed by atoms with E-state index in [0.717, 1.165) is 24.3 Å². The third kappa shape index (κ3) is 2.62. The Bertz CT molecular complexity index is 460. The van der Waals surface area contributed by atoms with Crippen LogP contribution in [0.1, 0.15) is 50.7 Å². The van der Waals surface area contributed by atoms with Crippen LogP contribution in [-0.4, -0.2) is 11.2 Å². The summed E-state index contributed by atoms with van der Waals surface area (Å²) in [4.78, 5) is 0. The summed E-state index contributed by atoms with van der Waals surface area (Å²) in [5.41, 5.74) is 0.724. The highest BCUT2D eigenvalue weighted by Crippen LogP contribution is 2.41. The Morgan fingerprint density at radius 2 is 2.11 bits per heavy atom. The van der Waals surface area contributed by atoms with Gasteiger partial charge in [0.2, 0.25) is 0 Å². The van der Waals surface area contributed by atoms with Gasteiger partial charge in [0.15, 0.2) is 0 Å². The van der Waals surface area contributed by atoms with E-state index in [2.05, 4.69) is 6.92 Å². The summed E-state index contributed by atoms with van der Waals surface area (Å²) in [5, 5.41) is 10.2. The minimum absolute atomic E-state index is 0.0343. The molecule has 0 spiro atoms. The van der Waals surface area contributed by atoms with Gasteiger partial charge in [-0.25, -0.2) is 4.39 Å². The zero-order valence-corrected chi connectivity index (χ0v) is 11.3. The molecule has 0 aromatic heterocycles. The highest BCUT2D eigenvalue weighted by molar-refractivity contribution is 5.37. The summed E-state index contributed by atoms with van der Waals surface area (Å²) in [6.45, 7) is 2.28. The number of fused-ring (bicyclic) bond motifs is 1. The van der Waals surface area contributed by atoms with Gasteiger partial charge in [-0.15, -0.1) is 0 Å². The van der Waals surface area contributed by atoms with E-state index in [-0.39, 0.29) is 11.9 Å². The lowest BCUT2D eigenvalue weighted by molar-refractivity contribution is 0.0169. The van der Waals surface area contributed by atoms with E-state index in [1.807, 2.05) is 0 Å². The van der Waals surface area contributed by atoms with Crippen LogP contribution in [0, 0.1) is 17.7 Å². The van der Waals surface area contributed by atoms with E-state index in [9.17, 15) is 9.50 Å². The van der Waals surface area contributed by atoms with Gasteiger partial charge >= 0.3 is 0 Å².